The van der Waals surface area contributed by atoms with E-state index in [1.54, 1.807) is 0 Å². The molecule has 0 amide bonds. The Balaban J connectivity index is 1.43. The summed E-state index contributed by atoms with van der Waals surface area (Å²) in [5.74, 6) is 5.53. The van der Waals surface area contributed by atoms with Gasteiger partial charge in [0.1, 0.15) is 0 Å². The zero-order chi connectivity index (χ0) is 23.8. The van der Waals surface area contributed by atoms with Gasteiger partial charge in [0, 0.05) is 6.04 Å². The third-order valence-corrected chi connectivity index (χ3v) is 11.7. The van der Waals surface area contributed by atoms with Gasteiger partial charge in [0.15, 0.2) is 0 Å². The highest BCUT2D eigenvalue weighted by molar-refractivity contribution is 5.11. The molecule has 4 saturated carbocycles. The molecule has 4 unspecified atom stereocenters. The Labute approximate surface area is 205 Å². The van der Waals surface area contributed by atoms with Crippen LogP contribution in [0.4, 0.5) is 0 Å². The van der Waals surface area contributed by atoms with Crippen molar-refractivity contribution in [3.63, 3.8) is 0 Å². The molecule has 0 aromatic rings. The second-order valence-corrected chi connectivity index (χ2v) is 13.9. The number of rotatable bonds is 9. The molecule has 3 nitrogen and oxygen atoms in total. The van der Waals surface area contributed by atoms with Crippen molar-refractivity contribution in [3.05, 3.63) is 0 Å². The monoisotopic (exact) mass is 460 g/mol. The third-order valence-electron chi connectivity index (χ3n) is 11.7. The van der Waals surface area contributed by atoms with Crippen LogP contribution in [-0.4, -0.2) is 30.3 Å². The Bertz CT molecular complexity index is 637. The summed E-state index contributed by atoms with van der Waals surface area (Å²) in [6.07, 6.45) is 15.7. The highest BCUT2D eigenvalue weighted by atomic mass is 16.3. The molecule has 3 heteroatoms. The number of hydrogen-bond acceptors (Lipinski definition) is 3. The first-order valence-electron chi connectivity index (χ1n) is 14.8. The SMILES string of the molecule is CC(C)CCC[C@@H](C)C1CCC2C3C[C@@H](O)[C@H]4C[C@H](NCCCN)CC[C@]4(C)C3CC[C@@]21C. The molecule has 0 radical (unpaired) electrons. The summed E-state index contributed by atoms with van der Waals surface area (Å²) >= 11 is 0. The molecule has 0 bridgehead atoms. The van der Waals surface area contributed by atoms with E-state index in [-0.39, 0.29) is 6.10 Å². The summed E-state index contributed by atoms with van der Waals surface area (Å²) in [5, 5.41) is 15.3. The first-order chi connectivity index (χ1) is 15.7. The molecule has 0 heterocycles. The van der Waals surface area contributed by atoms with E-state index in [9.17, 15) is 5.11 Å². The Kier molecular flexibility index (Phi) is 8.24. The van der Waals surface area contributed by atoms with E-state index >= 15 is 0 Å². The number of aliphatic hydroxyl groups is 1. The third kappa shape index (κ3) is 4.94. The second kappa shape index (κ2) is 10.5. The maximum absolute atomic E-state index is 11.5. The number of nitrogens with one attached hydrogen (secondary N) is 1. The van der Waals surface area contributed by atoms with Crippen LogP contribution in [0.1, 0.15) is 112 Å². The zero-order valence-electron chi connectivity index (χ0n) is 22.6. The van der Waals surface area contributed by atoms with Crippen LogP contribution in [0.2, 0.25) is 0 Å². The Morgan fingerprint density at radius 3 is 2.33 bits per heavy atom. The van der Waals surface area contributed by atoms with E-state index in [1.807, 2.05) is 0 Å². The van der Waals surface area contributed by atoms with Crippen LogP contribution in [0.25, 0.3) is 0 Å². The van der Waals surface area contributed by atoms with Crippen LogP contribution in [0, 0.1) is 52.3 Å². The molecular formula is C30H56N2O. The fourth-order valence-electron chi connectivity index (χ4n) is 9.92. The molecule has 4 N–H and O–H groups in total. The van der Waals surface area contributed by atoms with Gasteiger partial charge >= 0.3 is 0 Å². The first-order valence-corrected chi connectivity index (χ1v) is 14.8. The lowest BCUT2D eigenvalue weighted by molar-refractivity contribution is -0.162. The summed E-state index contributed by atoms with van der Waals surface area (Å²) in [6, 6.07) is 0.581. The molecule has 10 atom stereocenters. The number of nitrogens with two attached hydrogens (primary N) is 1. The lowest BCUT2D eigenvalue weighted by Crippen LogP contribution is -2.59. The first kappa shape index (κ1) is 26.0. The maximum atomic E-state index is 11.5. The second-order valence-electron chi connectivity index (χ2n) is 13.9. The van der Waals surface area contributed by atoms with E-state index in [0.29, 0.717) is 22.8 Å². The number of hydrogen-bond donors (Lipinski definition) is 3. The van der Waals surface area contributed by atoms with Crippen LogP contribution >= 0.6 is 0 Å². The van der Waals surface area contributed by atoms with Crippen molar-refractivity contribution >= 4 is 0 Å². The normalized spacial score (nSPS) is 46.0. The minimum Gasteiger partial charge on any atom is -0.393 e. The molecular weight excluding hydrogens is 404 g/mol. The molecule has 0 spiro atoms. The van der Waals surface area contributed by atoms with E-state index in [1.165, 1.54) is 64.2 Å². The summed E-state index contributed by atoms with van der Waals surface area (Å²) in [4.78, 5) is 0. The van der Waals surface area contributed by atoms with Crippen LogP contribution in [0.3, 0.4) is 0 Å². The molecule has 4 fully saturated rings. The molecule has 192 valence electrons. The Hall–Kier alpha value is -0.120. The molecule has 4 rings (SSSR count). The molecule has 4 aliphatic carbocycles. The minimum absolute atomic E-state index is 0.0970. The van der Waals surface area contributed by atoms with Gasteiger partial charge in [-0.15, -0.1) is 0 Å². The molecule has 0 aliphatic heterocycles. The lowest BCUT2D eigenvalue weighted by Gasteiger charge is -2.62. The molecule has 0 aromatic carbocycles. The van der Waals surface area contributed by atoms with Crippen LogP contribution in [0.15, 0.2) is 0 Å². The zero-order valence-corrected chi connectivity index (χ0v) is 22.6. The molecule has 33 heavy (non-hydrogen) atoms. The largest absolute Gasteiger partial charge is 0.393 e. The van der Waals surface area contributed by atoms with Gasteiger partial charge in [0.25, 0.3) is 0 Å². The van der Waals surface area contributed by atoms with Crippen LogP contribution < -0.4 is 11.1 Å². The summed E-state index contributed by atoms with van der Waals surface area (Å²) in [6.45, 7) is 14.3. The van der Waals surface area contributed by atoms with E-state index in [4.69, 9.17) is 5.73 Å². The van der Waals surface area contributed by atoms with E-state index in [0.717, 1.165) is 61.4 Å². The summed E-state index contributed by atoms with van der Waals surface area (Å²) in [7, 11) is 0. The summed E-state index contributed by atoms with van der Waals surface area (Å²) in [5.41, 5.74) is 6.56. The maximum Gasteiger partial charge on any atom is 0.0577 e. The van der Waals surface area contributed by atoms with Gasteiger partial charge in [-0.25, -0.2) is 0 Å². The highest BCUT2D eigenvalue weighted by Gasteiger charge is 2.62. The molecule has 0 aromatic heterocycles. The van der Waals surface area contributed by atoms with E-state index < -0.39 is 0 Å². The fourth-order valence-corrected chi connectivity index (χ4v) is 9.92. The van der Waals surface area contributed by atoms with Gasteiger partial charge in [0.05, 0.1) is 6.10 Å². The van der Waals surface area contributed by atoms with Crippen molar-refractivity contribution in [1.82, 2.24) is 5.32 Å². The number of aliphatic hydroxyl groups excluding tert-OH is 1. The molecule has 0 saturated heterocycles. The lowest BCUT2D eigenvalue weighted by atomic mass is 9.43. The van der Waals surface area contributed by atoms with Gasteiger partial charge < -0.3 is 16.2 Å². The predicted molar refractivity (Wildman–Crippen MR) is 140 cm³/mol. The topological polar surface area (TPSA) is 58.3 Å². The van der Waals surface area contributed by atoms with Crippen molar-refractivity contribution in [2.45, 2.75) is 124 Å². The van der Waals surface area contributed by atoms with E-state index in [2.05, 4.69) is 39.9 Å². The average molecular weight is 461 g/mol. The van der Waals surface area contributed by atoms with Crippen molar-refractivity contribution < 1.29 is 5.11 Å². The smallest absolute Gasteiger partial charge is 0.0577 e. The van der Waals surface area contributed by atoms with Gasteiger partial charge in [0.2, 0.25) is 0 Å². The van der Waals surface area contributed by atoms with Gasteiger partial charge in [-0.2, -0.15) is 0 Å². The van der Waals surface area contributed by atoms with Gasteiger partial charge in [-0.05, 0) is 123 Å². The highest BCUT2D eigenvalue weighted by Crippen LogP contribution is 2.68. The standard InChI is InChI=1S/C30H56N2O/c1-20(2)8-6-9-21(3)24-10-11-25-23-19-28(33)27-18-22(32-17-7-16-31)12-14-30(27,5)26(23)13-15-29(24,25)4/h20-28,32-33H,6-19,31H2,1-5H3/t21-,22-,23?,24?,25?,26?,27-,28-,29-,30-/m1/s1. The van der Waals surface area contributed by atoms with Crippen LogP contribution in [0.5, 0.6) is 0 Å². The van der Waals surface area contributed by atoms with Gasteiger partial charge in [-0.3, -0.25) is 0 Å². The van der Waals surface area contributed by atoms with Crippen molar-refractivity contribution in [1.29, 1.82) is 0 Å². The van der Waals surface area contributed by atoms with Crippen molar-refractivity contribution in [3.8, 4) is 0 Å². The Morgan fingerprint density at radius 1 is 0.879 bits per heavy atom. The van der Waals surface area contributed by atoms with Crippen molar-refractivity contribution in [2.75, 3.05) is 13.1 Å². The van der Waals surface area contributed by atoms with Crippen molar-refractivity contribution in [2.24, 2.45) is 58.0 Å². The Morgan fingerprint density at radius 2 is 1.61 bits per heavy atom. The molecule has 4 aliphatic rings. The quantitative estimate of drug-likeness (QED) is 0.350. The van der Waals surface area contributed by atoms with Gasteiger partial charge in [-0.1, -0.05) is 53.9 Å². The minimum atomic E-state index is -0.0970. The number of fused-ring (bicyclic) bond motifs is 5. The van der Waals surface area contributed by atoms with Crippen LogP contribution in [-0.2, 0) is 0 Å². The average Bonchev–Trinajstić information content (AvgIpc) is 3.12. The summed E-state index contributed by atoms with van der Waals surface area (Å²) < 4.78 is 0. The predicted octanol–water partition coefficient (Wildman–Crippen LogP) is 6.39. The fraction of sp³-hybridized carbons (Fsp3) is 1.00.